The summed E-state index contributed by atoms with van der Waals surface area (Å²) < 4.78 is 16.2. The van der Waals surface area contributed by atoms with Gasteiger partial charge in [0.05, 0.1) is 19.4 Å². The van der Waals surface area contributed by atoms with Crippen LogP contribution in [0.2, 0.25) is 0 Å². The molecule has 0 aliphatic carbocycles. The Morgan fingerprint density at radius 1 is 1.03 bits per heavy atom. The average molecular weight is 422 g/mol. The van der Waals surface area contributed by atoms with E-state index in [9.17, 15) is 14.4 Å². The minimum Gasteiger partial charge on any atom is -0.494 e. The Kier molecular flexibility index (Phi) is 6.71. The van der Waals surface area contributed by atoms with Gasteiger partial charge in [-0.25, -0.2) is 9.69 Å². The third-order valence-corrected chi connectivity index (χ3v) is 4.36. The van der Waals surface area contributed by atoms with Gasteiger partial charge in [0.25, 0.3) is 11.8 Å². The Labute approximate surface area is 179 Å². The molecule has 0 spiro atoms. The molecule has 1 aliphatic heterocycles. The van der Waals surface area contributed by atoms with Crippen LogP contribution in [0.15, 0.2) is 60.7 Å². The first-order valence-corrected chi connectivity index (χ1v) is 9.54. The van der Waals surface area contributed by atoms with Crippen LogP contribution in [0.1, 0.15) is 12.5 Å². The van der Waals surface area contributed by atoms with Gasteiger partial charge in [-0.05, 0) is 55.0 Å². The van der Waals surface area contributed by atoms with Gasteiger partial charge in [-0.1, -0.05) is 18.7 Å². The van der Waals surface area contributed by atoms with E-state index >= 15 is 0 Å². The first-order valence-electron chi connectivity index (χ1n) is 9.54. The lowest BCUT2D eigenvalue weighted by atomic mass is 10.1. The SMILES string of the molecule is C=CCOc1ccc(/C=C2/C(=O)NC(=O)N(c3ccc(OCC)cc3)C2=O)cc1OC. The lowest BCUT2D eigenvalue weighted by Crippen LogP contribution is -2.54. The van der Waals surface area contributed by atoms with Gasteiger partial charge in [0, 0.05) is 0 Å². The van der Waals surface area contributed by atoms with Crippen molar-refractivity contribution in [3.8, 4) is 17.2 Å². The fraction of sp³-hybridized carbons (Fsp3) is 0.174. The van der Waals surface area contributed by atoms with Crippen LogP contribution >= 0.6 is 0 Å². The fourth-order valence-electron chi connectivity index (χ4n) is 2.96. The Balaban J connectivity index is 1.92. The van der Waals surface area contributed by atoms with Crippen molar-refractivity contribution in [2.75, 3.05) is 25.2 Å². The number of carbonyl (C=O) groups is 3. The van der Waals surface area contributed by atoms with Crippen molar-refractivity contribution < 1.29 is 28.6 Å². The van der Waals surface area contributed by atoms with Gasteiger partial charge in [-0.15, -0.1) is 0 Å². The number of hydrogen-bond donors (Lipinski definition) is 1. The molecule has 0 radical (unpaired) electrons. The smallest absolute Gasteiger partial charge is 0.335 e. The zero-order chi connectivity index (χ0) is 22.4. The summed E-state index contributed by atoms with van der Waals surface area (Å²) in [6.45, 7) is 6.24. The van der Waals surface area contributed by atoms with Gasteiger partial charge in [0.2, 0.25) is 0 Å². The number of urea groups is 1. The molecule has 1 saturated heterocycles. The minimum absolute atomic E-state index is 0.185. The molecule has 0 unspecified atom stereocenters. The summed E-state index contributed by atoms with van der Waals surface area (Å²) in [4.78, 5) is 38.6. The standard InChI is InChI=1S/C23H22N2O6/c1-4-12-31-19-11-6-15(14-20(19)29-3)13-18-21(26)24-23(28)25(22(18)27)16-7-9-17(10-8-16)30-5-2/h4,6-11,13-14H,1,5,12H2,2-3H3,(H,24,26,28)/b18-13-. The molecule has 160 valence electrons. The summed E-state index contributed by atoms with van der Waals surface area (Å²) in [6.07, 6.45) is 3.00. The van der Waals surface area contributed by atoms with Gasteiger partial charge in [-0.2, -0.15) is 0 Å². The highest BCUT2D eigenvalue weighted by atomic mass is 16.5. The normalized spacial score (nSPS) is 15.0. The predicted molar refractivity (Wildman–Crippen MR) is 115 cm³/mol. The summed E-state index contributed by atoms with van der Waals surface area (Å²) in [5, 5.41) is 2.20. The van der Waals surface area contributed by atoms with Gasteiger partial charge >= 0.3 is 6.03 Å². The number of nitrogens with zero attached hydrogens (tertiary/aromatic N) is 1. The third-order valence-electron chi connectivity index (χ3n) is 4.36. The number of amides is 4. The van der Waals surface area contributed by atoms with Crippen LogP contribution in [0.3, 0.4) is 0 Å². The van der Waals surface area contributed by atoms with Crippen LogP contribution in [-0.2, 0) is 9.59 Å². The summed E-state index contributed by atoms with van der Waals surface area (Å²) in [5.41, 5.74) is 0.660. The molecule has 0 aromatic heterocycles. The number of imide groups is 2. The highest BCUT2D eigenvalue weighted by Crippen LogP contribution is 2.30. The van der Waals surface area contributed by atoms with E-state index in [1.165, 1.54) is 13.2 Å². The molecule has 2 aromatic carbocycles. The zero-order valence-electron chi connectivity index (χ0n) is 17.2. The number of benzene rings is 2. The van der Waals surface area contributed by atoms with Gasteiger partial charge < -0.3 is 14.2 Å². The van der Waals surface area contributed by atoms with Crippen molar-refractivity contribution in [1.82, 2.24) is 5.32 Å². The van der Waals surface area contributed by atoms with E-state index in [1.807, 2.05) is 6.92 Å². The summed E-state index contributed by atoms with van der Waals surface area (Å²) in [7, 11) is 1.48. The summed E-state index contributed by atoms with van der Waals surface area (Å²) in [5.74, 6) is 0.0234. The maximum atomic E-state index is 13.0. The zero-order valence-corrected chi connectivity index (χ0v) is 17.2. The predicted octanol–water partition coefficient (Wildman–Crippen LogP) is 3.33. The molecule has 0 saturated carbocycles. The van der Waals surface area contributed by atoms with Crippen LogP contribution < -0.4 is 24.4 Å². The average Bonchev–Trinajstić information content (AvgIpc) is 2.76. The fourth-order valence-corrected chi connectivity index (χ4v) is 2.96. The molecule has 1 fully saturated rings. The molecule has 1 heterocycles. The van der Waals surface area contributed by atoms with E-state index in [2.05, 4.69) is 11.9 Å². The van der Waals surface area contributed by atoms with E-state index in [-0.39, 0.29) is 5.57 Å². The lowest BCUT2D eigenvalue weighted by Gasteiger charge is -2.26. The van der Waals surface area contributed by atoms with Crippen molar-refractivity contribution in [3.05, 3.63) is 66.3 Å². The number of nitrogens with one attached hydrogen (secondary N) is 1. The molecule has 2 aromatic rings. The van der Waals surface area contributed by atoms with E-state index in [1.54, 1.807) is 48.5 Å². The van der Waals surface area contributed by atoms with Crippen molar-refractivity contribution in [2.24, 2.45) is 0 Å². The van der Waals surface area contributed by atoms with Crippen LogP contribution in [0.4, 0.5) is 10.5 Å². The minimum atomic E-state index is -0.818. The quantitative estimate of drug-likeness (QED) is 0.398. The van der Waals surface area contributed by atoms with E-state index in [0.29, 0.717) is 41.7 Å². The number of carbonyl (C=O) groups excluding carboxylic acids is 3. The topological polar surface area (TPSA) is 94.2 Å². The third kappa shape index (κ3) is 4.75. The van der Waals surface area contributed by atoms with Crippen LogP contribution in [0.5, 0.6) is 17.2 Å². The van der Waals surface area contributed by atoms with Gasteiger partial charge in [0.1, 0.15) is 17.9 Å². The molecule has 1 aliphatic rings. The van der Waals surface area contributed by atoms with Gasteiger partial charge in [-0.3, -0.25) is 14.9 Å². The first-order chi connectivity index (χ1) is 15.0. The summed E-state index contributed by atoms with van der Waals surface area (Å²) >= 11 is 0. The maximum absolute atomic E-state index is 13.0. The van der Waals surface area contributed by atoms with Crippen molar-refractivity contribution >= 4 is 29.6 Å². The molecular weight excluding hydrogens is 400 g/mol. The molecular formula is C23H22N2O6. The second kappa shape index (κ2) is 9.62. The highest BCUT2D eigenvalue weighted by molar-refractivity contribution is 6.39. The second-order valence-corrected chi connectivity index (χ2v) is 6.39. The van der Waals surface area contributed by atoms with Crippen LogP contribution in [0, 0.1) is 0 Å². The number of barbiturate groups is 1. The number of hydrogen-bond acceptors (Lipinski definition) is 6. The van der Waals surface area contributed by atoms with Gasteiger partial charge in [0.15, 0.2) is 11.5 Å². The highest BCUT2D eigenvalue weighted by Gasteiger charge is 2.36. The van der Waals surface area contributed by atoms with E-state index in [0.717, 1.165) is 4.90 Å². The Bertz CT molecular complexity index is 1040. The number of methoxy groups -OCH3 is 1. The molecule has 3 rings (SSSR count). The molecule has 8 nitrogen and oxygen atoms in total. The van der Waals surface area contributed by atoms with E-state index in [4.69, 9.17) is 14.2 Å². The summed E-state index contributed by atoms with van der Waals surface area (Å²) in [6, 6.07) is 10.6. The first kappa shape index (κ1) is 21.6. The van der Waals surface area contributed by atoms with Crippen LogP contribution in [0.25, 0.3) is 6.08 Å². The number of ether oxygens (including phenoxy) is 3. The van der Waals surface area contributed by atoms with Crippen molar-refractivity contribution in [2.45, 2.75) is 6.92 Å². The Morgan fingerprint density at radius 3 is 2.42 bits per heavy atom. The van der Waals surface area contributed by atoms with Crippen LogP contribution in [-0.4, -0.2) is 38.2 Å². The largest absolute Gasteiger partial charge is 0.494 e. The molecule has 1 N–H and O–H groups in total. The Hall–Kier alpha value is -4.07. The number of anilines is 1. The molecule has 0 bridgehead atoms. The maximum Gasteiger partial charge on any atom is 0.335 e. The Morgan fingerprint density at radius 2 is 1.77 bits per heavy atom. The lowest BCUT2D eigenvalue weighted by molar-refractivity contribution is -0.122. The van der Waals surface area contributed by atoms with E-state index < -0.39 is 17.8 Å². The molecule has 8 heteroatoms. The molecule has 31 heavy (non-hydrogen) atoms. The van der Waals surface area contributed by atoms with Crippen molar-refractivity contribution in [3.63, 3.8) is 0 Å². The second-order valence-electron chi connectivity index (χ2n) is 6.39. The monoisotopic (exact) mass is 422 g/mol. The number of rotatable bonds is 8. The molecule has 4 amide bonds. The molecule has 0 atom stereocenters. The van der Waals surface area contributed by atoms with Crippen molar-refractivity contribution in [1.29, 1.82) is 0 Å².